The maximum absolute atomic E-state index is 12.3. The van der Waals surface area contributed by atoms with Gasteiger partial charge in [-0.3, -0.25) is 9.48 Å². The van der Waals surface area contributed by atoms with Crippen LogP contribution in [0.4, 0.5) is 22.9 Å². The topological polar surface area (TPSA) is 100 Å². The van der Waals surface area contributed by atoms with Crippen LogP contribution in [0.5, 0.6) is 5.75 Å². The molecule has 0 unspecified atom stereocenters. The Morgan fingerprint density at radius 3 is 2.62 bits per heavy atom. The normalized spacial score (nSPS) is 11.0. The average Bonchev–Trinajstić information content (AvgIpc) is 3.33. The zero-order valence-electron chi connectivity index (χ0n) is 23.2. The van der Waals surface area contributed by atoms with Gasteiger partial charge in [0.15, 0.2) is 0 Å². The van der Waals surface area contributed by atoms with E-state index in [1.54, 1.807) is 7.11 Å². The van der Waals surface area contributed by atoms with Gasteiger partial charge in [0, 0.05) is 50.3 Å². The third-order valence-electron chi connectivity index (χ3n) is 6.79. The van der Waals surface area contributed by atoms with E-state index in [2.05, 4.69) is 62.0 Å². The van der Waals surface area contributed by atoms with Crippen molar-refractivity contribution in [2.24, 2.45) is 7.05 Å². The molecular formula is C29H36N8O2. The van der Waals surface area contributed by atoms with Crippen LogP contribution < -0.4 is 20.3 Å². The lowest BCUT2D eigenvalue weighted by atomic mass is 10.1. The Kier molecular flexibility index (Phi) is 8.77. The van der Waals surface area contributed by atoms with Crippen molar-refractivity contribution in [3.05, 3.63) is 61.6 Å². The Bertz CT molecular complexity index is 1460. The van der Waals surface area contributed by atoms with Crippen LogP contribution in [0, 0.1) is 0 Å². The smallest absolute Gasteiger partial charge is 0.247 e. The van der Waals surface area contributed by atoms with Crippen LogP contribution in [-0.2, 0) is 11.8 Å². The molecule has 0 radical (unpaired) electrons. The summed E-state index contributed by atoms with van der Waals surface area (Å²) in [6.45, 7) is 11.5. The fraction of sp³-hybridized carbons (Fsp3) is 0.310. The van der Waals surface area contributed by atoms with Crippen molar-refractivity contribution < 1.29 is 9.53 Å². The molecule has 10 nitrogen and oxygen atoms in total. The molecule has 0 saturated heterocycles. The molecule has 1 amide bonds. The van der Waals surface area contributed by atoms with Gasteiger partial charge in [0.25, 0.3) is 0 Å². The number of amides is 1. The number of aryl methyl sites for hydroxylation is 1. The van der Waals surface area contributed by atoms with Gasteiger partial charge in [0.1, 0.15) is 17.9 Å². The minimum atomic E-state index is -0.292. The second-order valence-corrected chi connectivity index (χ2v) is 9.17. The number of hydrogen-bond donors (Lipinski definition) is 2. The van der Waals surface area contributed by atoms with Crippen LogP contribution in [0.1, 0.15) is 13.8 Å². The number of aromatic nitrogens is 4. The lowest BCUT2D eigenvalue weighted by Crippen LogP contribution is -2.33. The molecule has 0 fully saturated rings. The molecule has 2 N–H and O–H groups in total. The van der Waals surface area contributed by atoms with Crippen molar-refractivity contribution >= 4 is 39.7 Å². The Morgan fingerprint density at radius 2 is 1.90 bits per heavy atom. The zero-order valence-corrected chi connectivity index (χ0v) is 23.2. The minimum Gasteiger partial charge on any atom is -0.494 e. The van der Waals surface area contributed by atoms with E-state index in [1.807, 2.05) is 55.3 Å². The summed E-state index contributed by atoms with van der Waals surface area (Å²) in [6, 6.07) is 11.8. The number of methoxy groups -OCH3 is 1. The monoisotopic (exact) mass is 528 g/mol. The van der Waals surface area contributed by atoms with E-state index >= 15 is 0 Å². The minimum absolute atomic E-state index is 0.292. The van der Waals surface area contributed by atoms with Crippen molar-refractivity contribution in [1.82, 2.24) is 24.6 Å². The SMILES string of the molecule is C=CC(=O)Nc1cc(Nc2cc(-c3ccc4c(cnn4C)c3)ncn2)c(OC)cc1N(C)CCN(CC)CC. The van der Waals surface area contributed by atoms with Gasteiger partial charge < -0.3 is 25.2 Å². The second kappa shape index (κ2) is 12.4. The van der Waals surface area contributed by atoms with Gasteiger partial charge in [-0.2, -0.15) is 5.10 Å². The summed E-state index contributed by atoms with van der Waals surface area (Å²) in [5, 5.41) is 11.6. The Balaban J connectivity index is 1.65. The number of rotatable bonds is 12. The predicted octanol–water partition coefficient (Wildman–Crippen LogP) is 4.69. The number of likely N-dealkylation sites (N-methyl/N-ethyl adjacent to an activating group) is 2. The lowest BCUT2D eigenvalue weighted by Gasteiger charge is -2.27. The summed E-state index contributed by atoms with van der Waals surface area (Å²) in [5.41, 5.74) is 4.91. The highest BCUT2D eigenvalue weighted by Gasteiger charge is 2.17. The summed E-state index contributed by atoms with van der Waals surface area (Å²) < 4.78 is 7.58. The van der Waals surface area contributed by atoms with Gasteiger partial charge in [-0.1, -0.05) is 26.5 Å². The van der Waals surface area contributed by atoms with E-state index in [1.165, 1.54) is 12.4 Å². The Hall–Kier alpha value is -4.44. The first-order valence-corrected chi connectivity index (χ1v) is 13.0. The third kappa shape index (κ3) is 6.35. The van der Waals surface area contributed by atoms with Crippen LogP contribution in [-0.4, -0.2) is 70.9 Å². The summed E-state index contributed by atoms with van der Waals surface area (Å²) in [7, 11) is 5.54. The third-order valence-corrected chi connectivity index (χ3v) is 6.79. The maximum Gasteiger partial charge on any atom is 0.247 e. The number of benzene rings is 2. The highest BCUT2D eigenvalue weighted by molar-refractivity contribution is 6.02. The highest BCUT2D eigenvalue weighted by Crippen LogP contribution is 2.38. The summed E-state index contributed by atoms with van der Waals surface area (Å²) in [6.07, 6.45) is 4.61. The molecule has 0 saturated carbocycles. The molecule has 0 atom stereocenters. The van der Waals surface area contributed by atoms with Crippen LogP contribution in [0.25, 0.3) is 22.2 Å². The number of ether oxygens (including phenoxy) is 1. The fourth-order valence-corrected chi connectivity index (χ4v) is 4.43. The number of fused-ring (bicyclic) bond motifs is 1. The van der Waals surface area contributed by atoms with Gasteiger partial charge in [-0.05, 0) is 37.4 Å². The van der Waals surface area contributed by atoms with E-state index < -0.39 is 0 Å². The second-order valence-electron chi connectivity index (χ2n) is 9.17. The zero-order chi connectivity index (χ0) is 27.9. The molecule has 0 aliphatic heterocycles. The van der Waals surface area contributed by atoms with E-state index in [-0.39, 0.29) is 5.91 Å². The van der Waals surface area contributed by atoms with Crippen LogP contribution >= 0.6 is 0 Å². The first kappa shape index (κ1) is 27.6. The number of anilines is 4. The highest BCUT2D eigenvalue weighted by atomic mass is 16.5. The first-order chi connectivity index (χ1) is 18.9. The van der Waals surface area contributed by atoms with Gasteiger partial charge in [0.05, 0.1) is 41.6 Å². The average molecular weight is 529 g/mol. The number of hydrogen-bond acceptors (Lipinski definition) is 8. The Labute approximate surface area is 229 Å². The molecule has 0 spiro atoms. The molecule has 4 rings (SSSR count). The van der Waals surface area contributed by atoms with E-state index in [4.69, 9.17) is 4.74 Å². The van der Waals surface area contributed by atoms with Gasteiger partial charge in [0.2, 0.25) is 5.91 Å². The number of carbonyl (C=O) groups is 1. The largest absolute Gasteiger partial charge is 0.494 e. The number of nitrogens with one attached hydrogen (secondary N) is 2. The van der Waals surface area contributed by atoms with Crippen LogP contribution in [0.3, 0.4) is 0 Å². The number of carbonyl (C=O) groups excluding carboxylic acids is 1. The molecule has 204 valence electrons. The van der Waals surface area contributed by atoms with Gasteiger partial charge in [-0.25, -0.2) is 9.97 Å². The van der Waals surface area contributed by atoms with E-state index in [0.29, 0.717) is 22.9 Å². The number of nitrogens with zero attached hydrogens (tertiary/aromatic N) is 6. The quantitative estimate of drug-likeness (QED) is 0.256. The first-order valence-electron chi connectivity index (χ1n) is 13.0. The molecule has 2 aromatic carbocycles. The van der Waals surface area contributed by atoms with Crippen LogP contribution in [0.15, 0.2) is 61.6 Å². The van der Waals surface area contributed by atoms with Gasteiger partial charge in [-0.15, -0.1) is 0 Å². The van der Waals surface area contributed by atoms with Crippen molar-refractivity contribution in [2.45, 2.75) is 13.8 Å². The van der Waals surface area contributed by atoms with Crippen molar-refractivity contribution in [2.75, 3.05) is 55.9 Å². The molecule has 4 aromatic rings. The standard InChI is InChI=1S/C29H36N8O2/c1-7-29(38)34-23-15-24(27(39-6)17-26(23)35(4)12-13-37(8-2)9-3)33-28-16-22(30-19-31-28)20-10-11-25-21(14-20)18-32-36(25)5/h7,10-11,14-19H,1,8-9,12-13H2,2-6H3,(H,34,38)(H,30,31,33). The predicted molar refractivity (Wildman–Crippen MR) is 158 cm³/mol. The van der Waals surface area contributed by atoms with E-state index in [0.717, 1.165) is 54.0 Å². The maximum atomic E-state index is 12.3. The summed E-state index contributed by atoms with van der Waals surface area (Å²) in [4.78, 5) is 25.7. The molecule has 10 heteroatoms. The molecule has 0 aliphatic rings. The summed E-state index contributed by atoms with van der Waals surface area (Å²) in [5.74, 6) is 0.918. The molecule has 39 heavy (non-hydrogen) atoms. The van der Waals surface area contributed by atoms with Crippen molar-refractivity contribution in [3.63, 3.8) is 0 Å². The molecule has 0 bridgehead atoms. The van der Waals surface area contributed by atoms with Crippen LogP contribution in [0.2, 0.25) is 0 Å². The van der Waals surface area contributed by atoms with Crippen molar-refractivity contribution in [1.29, 1.82) is 0 Å². The molecular weight excluding hydrogens is 492 g/mol. The lowest BCUT2D eigenvalue weighted by molar-refractivity contribution is -0.111. The fourth-order valence-electron chi connectivity index (χ4n) is 4.43. The summed E-state index contributed by atoms with van der Waals surface area (Å²) >= 11 is 0. The molecule has 2 heterocycles. The van der Waals surface area contributed by atoms with E-state index in [9.17, 15) is 4.79 Å². The van der Waals surface area contributed by atoms with Crippen molar-refractivity contribution in [3.8, 4) is 17.0 Å². The molecule has 0 aliphatic carbocycles. The Morgan fingerprint density at radius 1 is 1.10 bits per heavy atom. The molecule has 2 aromatic heterocycles. The van der Waals surface area contributed by atoms with Gasteiger partial charge >= 0.3 is 0 Å².